The van der Waals surface area contributed by atoms with Crippen molar-refractivity contribution in [3.05, 3.63) is 59.2 Å². The van der Waals surface area contributed by atoms with Crippen LogP contribution in [0.2, 0.25) is 0 Å². The van der Waals surface area contributed by atoms with Crippen LogP contribution in [-0.2, 0) is 21.4 Å². The second-order valence-corrected chi connectivity index (χ2v) is 13.3. The van der Waals surface area contributed by atoms with Crippen LogP contribution in [0.1, 0.15) is 61.3 Å². The molecule has 1 saturated heterocycles. The number of aliphatic carboxylic acids is 1. The highest BCUT2D eigenvalue weighted by Crippen LogP contribution is 2.77. The third kappa shape index (κ3) is 3.09. The molecule has 0 aromatic heterocycles. The maximum absolute atomic E-state index is 11.8. The highest BCUT2D eigenvalue weighted by molar-refractivity contribution is 5.69. The van der Waals surface area contributed by atoms with Gasteiger partial charge in [-0.1, -0.05) is 36.4 Å². The van der Waals surface area contributed by atoms with Gasteiger partial charge in [0.15, 0.2) is 11.5 Å². The van der Waals surface area contributed by atoms with E-state index in [1.54, 1.807) is 7.11 Å². The number of carboxylic acids is 1. The number of methoxy groups -OCH3 is 2. The van der Waals surface area contributed by atoms with E-state index in [0.717, 1.165) is 61.6 Å². The van der Waals surface area contributed by atoms with Crippen LogP contribution < -0.4 is 14.8 Å². The second kappa shape index (κ2) is 8.70. The molecule has 212 valence electrons. The molecule has 5 fully saturated rings. The van der Waals surface area contributed by atoms with E-state index in [2.05, 4.69) is 46.6 Å². The van der Waals surface area contributed by atoms with Gasteiger partial charge in [0.1, 0.15) is 11.7 Å². The summed E-state index contributed by atoms with van der Waals surface area (Å²) in [4.78, 5) is 14.7. The Bertz CT molecular complexity index is 1350. The summed E-state index contributed by atoms with van der Waals surface area (Å²) in [6.45, 7) is 2.21. The van der Waals surface area contributed by atoms with Gasteiger partial charge in [0.05, 0.1) is 13.7 Å². The maximum atomic E-state index is 11.8. The molecule has 4 bridgehead atoms. The predicted molar refractivity (Wildman–Crippen MR) is 150 cm³/mol. The SMILES string of the molecule is COc1ccc2c3c1OC1C4(OC)CCC5(C[C@@H]4C(NCC(=O)O)c4ccccc4)[C@@H](C2)N(CC2CC2)CCC315. The maximum Gasteiger partial charge on any atom is 0.317 e. The second-order valence-electron chi connectivity index (χ2n) is 13.3. The van der Waals surface area contributed by atoms with Crippen molar-refractivity contribution in [2.75, 3.05) is 33.9 Å². The third-order valence-electron chi connectivity index (χ3n) is 12.0. The molecule has 2 heterocycles. The minimum Gasteiger partial charge on any atom is -0.493 e. The smallest absolute Gasteiger partial charge is 0.317 e. The summed E-state index contributed by atoms with van der Waals surface area (Å²) in [5.41, 5.74) is 3.32. The summed E-state index contributed by atoms with van der Waals surface area (Å²) in [6.07, 6.45) is 7.72. The lowest BCUT2D eigenvalue weighted by molar-refractivity contribution is -0.282. The standard InChI is InChI=1S/C33H40N2O5/c1-38-24-11-10-22-16-25-31-12-13-33(39-2,23(17-31)28(34-18-26(36)37)21-6-4-3-5-7-21)30-32(31,27(22)29(24)40-30)14-15-35(25)19-20-8-9-20/h3-7,10-11,20,23,25,28,30,34H,8-9,12-19H2,1-2H3,(H,36,37)/t23-,25-,28?,30?,31?,32?,33?/m1/s1. The van der Waals surface area contributed by atoms with Gasteiger partial charge >= 0.3 is 5.97 Å². The van der Waals surface area contributed by atoms with E-state index in [4.69, 9.17) is 14.2 Å². The van der Waals surface area contributed by atoms with Gasteiger partial charge in [-0.15, -0.1) is 0 Å². The number of rotatable bonds is 9. The third-order valence-corrected chi connectivity index (χ3v) is 12.0. The lowest BCUT2D eigenvalue weighted by Gasteiger charge is -2.74. The number of fused-ring (bicyclic) bond motifs is 2. The molecule has 0 amide bonds. The first kappa shape index (κ1) is 25.1. The zero-order chi connectivity index (χ0) is 27.3. The van der Waals surface area contributed by atoms with Crippen LogP contribution in [0.15, 0.2) is 42.5 Å². The van der Waals surface area contributed by atoms with Crippen molar-refractivity contribution in [2.24, 2.45) is 17.3 Å². The number of likely N-dealkylation sites (tertiary alicyclic amines) is 1. The van der Waals surface area contributed by atoms with Crippen molar-refractivity contribution in [1.82, 2.24) is 10.2 Å². The Morgan fingerprint density at radius 3 is 2.70 bits per heavy atom. The zero-order valence-electron chi connectivity index (χ0n) is 23.5. The number of hydrogen-bond acceptors (Lipinski definition) is 6. The first-order valence-corrected chi connectivity index (χ1v) is 15.1. The van der Waals surface area contributed by atoms with Crippen molar-refractivity contribution < 1.29 is 24.1 Å². The molecule has 40 heavy (non-hydrogen) atoms. The van der Waals surface area contributed by atoms with Crippen molar-refractivity contribution in [3.63, 3.8) is 0 Å². The van der Waals surface area contributed by atoms with Crippen LogP contribution in [0.5, 0.6) is 11.5 Å². The van der Waals surface area contributed by atoms with Crippen LogP contribution in [0.3, 0.4) is 0 Å². The van der Waals surface area contributed by atoms with Gasteiger partial charge < -0.3 is 19.3 Å². The highest BCUT2D eigenvalue weighted by atomic mass is 16.6. The van der Waals surface area contributed by atoms with E-state index < -0.39 is 11.6 Å². The molecule has 2 spiro atoms. The molecule has 9 rings (SSSR count). The minimum atomic E-state index is -0.841. The van der Waals surface area contributed by atoms with E-state index in [1.807, 2.05) is 13.2 Å². The summed E-state index contributed by atoms with van der Waals surface area (Å²) in [6, 6.07) is 15.1. The first-order chi connectivity index (χ1) is 19.5. The average Bonchev–Trinajstić information content (AvgIpc) is 3.72. The molecule has 2 aliphatic heterocycles. The van der Waals surface area contributed by atoms with Gasteiger partial charge in [-0.25, -0.2) is 0 Å². The number of carboxylic acid groups (broad SMARTS) is 1. The van der Waals surface area contributed by atoms with Gasteiger partial charge in [-0.05, 0) is 74.6 Å². The number of carbonyl (C=O) groups is 1. The number of ether oxygens (including phenoxy) is 3. The fourth-order valence-corrected chi connectivity index (χ4v) is 10.3. The Kier molecular flexibility index (Phi) is 5.46. The van der Waals surface area contributed by atoms with Crippen LogP contribution in [-0.4, -0.2) is 67.6 Å². The largest absolute Gasteiger partial charge is 0.493 e. The van der Waals surface area contributed by atoms with E-state index >= 15 is 0 Å². The van der Waals surface area contributed by atoms with Crippen molar-refractivity contribution in [2.45, 2.75) is 74.1 Å². The Morgan fingerprint density at radius 2 is 1.98 bits per heavy atom. The molecule has 5 aliphatic carbocycles. The van der Waals surface area contributed by atoms with E-state index in [9.17, 15) is 9.90 Å². The summed E-state index contributed by atoms with van der Waals surface area (Å²) < 4.78 is 19.8. The lowest BCUT2D eigenvalue weighted by Crippen LogP contribution is -2.81. The van der Waals surface area contributed by atoms with Gasteiger partial charge in [0.25, 0.3) is 0 Å². The Hall–Kier alpha value is -2.61. The summed E-state index contributed by atoms with van der Waals surface area (Å²) in [7, 11) is 3.60. The number of nitrogens with zero attached hydrogens (tertiary/aromatic N) is 1. The summed E-state index contributed by atoms with van der Waals surface area (Å²) in [5.74, 6) is 1.82. The van der Waals surface area contributed by atoms with E-state index in [0.29, 0.717) is 6.04 Å². The van der Waals surface area contributed by atoms with E-state index in [-0.39, 0.29) is 35.4 Å². The minimum absolute atomic E-state index is 0.0400. The molecule has 2 N–H and O–H groups in total. The quantitative estimate of drug-likeness (QED) is 0.486. The van der Waals surface area contributed by atoms with Gasteiger partial charge in [-0.2, -0.15) is 0 Å². The summed E-state index contributed by atoms with van der Waals surface area (Å²) in [5, 5.41) is 13.2. The Labute approximate surface area is 236 Å². The first-order valence-electron chi connectivity index (χ1n) is 15.1. The zero-order valence-corrected chi connectivity index (χ0v) is 23.5. The molecule has 7 nitrogen and oxygen atoms in total. The lowest BCUT2D eigenvalue weighted by atomic mass is 9.34. The molecule has 7 heteroatoms. The molecule has 2 aromatic carbocycles. The van der Waals surface area contributed by atoms with Gasteiger partial charge in [-0.3, -0.25) is 15.0 Å². The molecular formula is C33H40N2O5. The molecule has 7 atom stereocenters. The Balaban J connectivity index is 1.32. The summed E-state index contributed by atoms with van der Waals surface area (Å²) >= 11 is 0. The van der Waals surface area contributed by atoms with Crippen molar-refractivity contribution >= 4 is 5.97 Å². The number of benzene rings is 2. The topological polar surface area (TPSA) is 80.3 Å². The molecule has 4 saturated carbocycles. The Morgan fingerprint density at radius 1 is 1.15 bits per heavy atom. The fourth-order valence-electron chi connectivity index (χ4n) is 10.3. The normalized spacial score (nSPS) is 37.5. The molecular weight excluding hydrogens is 504 g/mol. The monoisotopic (exact) mass is 544 g/mol. The molecule has 5 unspecified atom stereocenters. The number of nitrogens with one attached hydrogen (secondary N) is 1. The number of hydrogen-bond donors (Lipinski definition) is 2. The molecule has 7 aliphatic rings. The van der Waals surface area contributed by atoms with E-state index in [1.165, 1.54) is 30.5 Å². The van der Waals surface area contributed by atoms with Crippen LogP contribution in [0.25, 0.3) is 0 Å². The van der Waals surface area contributed by atoms with Crippen LogP contribution >= 0.6 is 0 Å². The molecule has 0 radical (unpaired) electrons. The van der Waals surface area contributed by atoms with Gasteiger partial charge in [0, 0.05) is 48.0 Å². The number of piperidine rings is 1. The van der Waals surface area contributed by atoms with Gasteiger partial charge in [0.2, 0.25) is 0 Å². The van der Waals surface area contributed by atoms with Crippen LogP contribution in [0.4, 0.5) is 0 Å². The van der Waals surface area contributed by atoms with Crippen molar-refractivity contribution in [1.29, 1.82) is 0 Å². The van der Waals surface area contributed by atoms with Crippen molar-refractivity contribution in [3.8, 4) is 11.5 Å². The highest BCUT2D eigenvalue weighted by Gasteiger charge is 2.81. The predicted octanol–water partition coefficient (Wildman–Crippen LogP) is 4.34. The molecule has 2 aromatic rings. The average molecular weight is 545 g/mol. The fraction of sp³-hybridized carbons (Fsp3) is 0.606. The van der Waals surface area contributed by atoms with Crippen LogP contribution in [0, 0.1) is 17.3 Å².